The summed E-state index contributed by atoms with van der Waals surface area (Å²) in [6, 6.07) is 8.64. The van der Waals surface area contributed by atoms with Gasteiger partial charge in [-0.15, -0.1) is 0 Å². The summed E-state index contributed by atoms with van der Waals surface area (Å²) in [5.41, 5.74) is 2.58. The Kier molecular flexibility index (Phi) is 7.64. The molecule has 1 saturated carbocycles. The molecule has 136 valence electrons. The summed E-state index contributed by atoms with van der Waals surface area (Å²) in [6.07, 6.45) is 6.25. The van der Waals surface area contributed by atoms with E-state index in [1.807, 2.05) is 0 Å². The fraction of sp³-hybridized carbons (Fsp3) is 0.714. The predicted octanol–water partition coefficient (Wildman–Crippen LogP) is 7.43. The Morgan fingerprint density at radius 3 is 2.17 bits per heavy atom. The van der Waals surface area contributed by atoms with E-state index in [1.54, 1.807) is 0 Å². The average molecular weight is 340 g/mol. The lowest BCUT2D eigenvalue weighted by Crippen LogP contribution is -2.13. The largest absolute Gasteiger partial charge is 0.389 e. The van der Waals surface area contributed by atoms with Crippen LogP contribution in [0.1, 0.15) is 88.2 Å². The zero-order valence-corrected chi connectivity index (χ0v) is 14.9. The molecule has 0 heterocycles. The summed E-state index contributed by atoms with van der Waals surface area (Å²) in [7, 11) is 0. The van der Waals surface area contributed by atoms with Gasteiger partial charge in [-0.25, -0.2) is 0 Å². The Hall–Kier alpha value is -0.990. The molecule has 1 aromatic carbocycles. The van der Waals surface area contributed by atoms with Gasteiger partial charge in [0, 0.05) is 6.42 Å². The average Bonchev–Trinajstić information content (AvgIpc) is 2.57. The fourth-order valence-corrected chi connectivity index (χ4v) is 3.89. The third-order valence-electron chi connectivity index (χ3n) is 5.44. The zero-order valence-electron chi connectivity index (χ0n) is 14.9. The molecule has 1 aromatic rings. The third-order valence-corrected chi connectivity index (χ3v) is 5.44. The predicted molar refractivity (Wildman–Crippen MR) is 94.3 cm³/mol. The molecule has 1 aliphatic rings. The standard InChI is InChI=1S/C21H31F3/c1-2-3-6-17-8-12-19(13-9-17)20-14-10-18(11-15-20)7-4-5-16-21(22,23)24/h10-11,14-15,17,19H,2-9,12-13,16H2,1H3/t17-,19-. The number of halogens is 3. The molecule has 0 radical (unpaired) electrons. The Labute approximate surface area is 144 Å². The molecule has 1 aliphatic carbocycles. The number of benzene rings is 1. The molecule has 0 atom stereocenters. The van der Waals surface area contributed by atoms with Crippen molar-refractivity contribution in [3.8, 4) is 0 Å². The van der Waals surface area contributed by atoms with Gasteiger partial charge in [0.2, 0.25) is 0 Å². The molecule has 0 aliphatic heterocycles. The van der Waals surface area contributed by atoms with Crippen molar-refractivity contribution >= 4 is 0 Å². The van der Waals surface area contributed by atoms with E-state index in [0.717, 1.165) is 17.9 Å². The first kappa shape index (κ1) is 19.3. The highest BCUT2D eigenvalue weighted by Gasteiger charge is 2.25. The summed E-state index contributed by atoms with van der Waals surface area (Å²) in [4.78, 5) is 0. The number of hydrogen-bond donors (Lipinski definition) is 0. The summed E-state index contributed by atoms with van der Waals surface area (Å²) in [5, 5.41) is 0. The van der Waals surface area contributed by atoms with Gasteiger partial charge < -0.3 is 0 Å². The quantitative estimate of drug-likeness (QED) is 0.432. The van der Waals surface area contributed by atoms with Gasteiger partial charge >= 0.3 is 6.18 Å². The highest BCUT2D eigenvalue weighted by atomic mass is 19.4. The number of alkyl halides is 3. The van der Waals surface area contributed by atoms with Crippen molar-refractivity contribution in [1.82, 2.24) is 0 Å². The zero-order chi connectivity index (χ0) is 17.4. The smallest absolute Gasteiger partial charge is 0.171 e. The van der Waals surface area contributed by atoms with Crippen molar-refractivity contribution < 1.29 is 13.2 Å². The van der Waals surface area contributed by atoms with Crippen molar-refractivity contribution in [3.63, 3.8) is 0 Å². The second-order valence-corrected chi connectivity index (χ2v) is 7.42. The van der Waals surface area contributed by atoms with E-state index in [4.69, 9.17) is 0 Å². The summed E-state index contributed by atoms with van der Waals surface area (Å²) < 4.78 is 36.4. The molecular weight excluding hydrogens is 309 g/mol. The maximum Gasteiger partial charge on any atom is 0.389 e. The SMILES string of the molecule is CCCC[C@H]1CC[C@H](c2ccc(CCCCC(F)(F)F)cc2)CC1. The van der Waals surface area contributed by atoms with Gasteiger partial charge in [0.05, 0.1) is 0 Å². The van der Waals surface area contributed by atoms with Crippen molar-refractivity contribution in [1.29, 1.82) is 0 Å². The highest BCUT2D eigenvalue weighted by Crippen LogP contribution is 2.37. The van der Waals surface area contributed by atoms with Crippen LogP contribution in [0.5, 0.6) is 0 Å². The Morgan fingerprint density at radius 2 is 1.58 bits per heavy atom. The van der Waals surface area contributed by atoms with Gasteiger partial charge in [-0.05, 0) is 67.9 Å². The van der Waals surface area contributed by atoms with Gasteiger partial charge in [-0.3, -0.25) is 0 Å². The van der Waals surface area contributed by atoms with E-state index >= 15 is 0 Å². The molecular formula is C21H31F3. The number of rotatable bonds is 8. The van der Waals surface area contributed by atoms with E-state index in [0.29, 0.717) is 12.3 Å². The maximum atomic E-state index is 12.1. The lowest BCUT2D eigenvalue weighted by Gasteiger charge is -2.29. The molecule has 0 saturated heterocycles. The first-order valence-electron chi connectivity index (χ1n) is 9.63. The van der Waals surface area contributed by atoms with Crippen LogP contribution in [0.25, 0.3) is 0 Å². The molecule has 24 heavy (non-hydrogen) atoms. The fourth-order valence-electron chi connectivity index (χ4n) is 3.89. The lowest BCUT2D eigenvalue weighted by molar-refractivity contribution is -0.135. The molecule has 3 heteroatoms. The topological polar surface area (TPSA) is 0 Å². The molecule has 0 N–H and O–H groups in total. The first-order valence-corrected chi connectivity index (χ1v) is 9.63. The van der Waals surface area contributed by atoms with Crippen LogP contribution in [0.4, 0.5) is 13.2 Å². The van der Waals surface area contributed by atoms with Crippen LogP contribution < -0.4 is 0 Å². The first-order chi connectivity index (χ1) is 11.5. The molecule has 0 nitrogen and oxygen atoms in total. The van der Waals surface area contributed by atoms with Crippen LogP contribution in [-0.4, -0.2) is 6.18 Å². The van der Waals surface area contributed by atoms with Crippen LogP contribution >= 0.6 is 0 Å². The second-order valence-electron chi connectivity index (χ2n) is 7.42. The van der Waals surface area contributed by atoms with Gasteiger partial charge in [0.15, 0.2) is 0 Å². The Morgan fingerprint density at radius 1 is 0.917 bits per heavy atom. The molecule has 0 spiro atoms. The number of hydrogen-bond acceptors (Lipinski definition) is 0. The van der Waals surface area contributed by atoms with E-state index in [1.165, 1.54) is 50.5 Å². The highest BCUT2D eigenvalue weighted by molar-refractivity contribution is 5.25. The monoisotopic (exact) mass is 340 g/mol. The molecule has 0 aromatic heterocycles. The van der Waals surface area contributed by atoms with E-state index in [2.05, 4.69) is 31.2 Å². The molecule has 2 rings (SSSR count). The summed E-state index contributed by atoms with van der Waals surface area (Å²) >= 11 is 0. The van der Waals surface area contributed by atoms with Crippen LogP contribution in [0.2, 0.25) is 0 Å². The van der Waals surface area contributed by atoms with Crippen LogP contribution in [0.15, 0.2) is 24.3 Å². The van der Waals surface area contributed by atoms with Crippen LogP contribution in [0.3, 0.4) is 0 Å². The van der Waals surface area contributed by atoms with Crippen molar-refractivity contribution in [2.45, 2.75) is 89.6 Å². The van der Waals surface area contributed by atoms with E-state index in [-0.39, 0.29) is 6.42 Å². The van der Waals surface area contributed by atoms with Gasteiger partial charge in [-0.2, -0.15) is 13.2 Å². The molecule has 1 fully saturated rings. The minimum absolute atomic E-state index is 0.229. The molecule has 0 unspecified atom stereocenters. The molecule has 0 amide bonds. The minimum Gasteiger partial charge on any atom is -0.171 e. The van der Waals surface area contributed by atoms with E-state index < -0.39 is 12.6 Å². The number of aryl methyl sites for hydroxylation is 1. The maximum absolute atomic E-state index is 12.1. The van der Waals surface area contributed by atoms with Crippen molar-refractivity contribution in [3.05, 3.63) is 35.4 Å². The van der Waals surface area contributed by atoms with E-state index in [9.17, 15) is 13.2 Å². The summed E-state index contributed by atoms with van der Waals surface area (Å²) in [5.74, 6) is 1.61. The number of unbranched alkanes of at least 4 members (excludes halogenated alkanes) is 2. The van der Waals surface area contributed by atoms with Crippen molar-refractivity contribution in [2.75, 3.05) is 0 Å². The normalized spacial score (nSPS) is 21.8. The van der Waals surface area contributed by atoms with Crippen LogP contribution in [0, 0.1) is 5.92 Å². The third kappa shape index (κ3) is 6.86. The Bertz CT molecular complexity index is 453. The Balaban J connectivity index is 1.72. The summed E-state index contributed by atoms with van der Waals surface area (Å²) in [6.45, 7) is 2.26. The van der Waals surface area contributed by atoms with Gasteiger partial charge in [0.1, 0.15) is 0 Å². The van der Waals surface area contributed by atoms with Crippen molar-refractivity contribution in [2.24, 2.45) is 5.92 Å². The minimum atomic E-state index is -4.01. The van der Waals surface area contributed by atoms with Gasteiger partial charge in [-0.1, -0.05) is 50.5 Å². The molecule has 0 bridgehead atoms. The van der Waals surface area contributed by atoms with Crippen LogP contribution in [-0.2, 0) is 6.42 Å². The second kappa shape index (κ2) is 9.48. The van der Waals surface area contributed by atoms with Gasteiger partial charge in [0.25, 0.3) is 0 Å². The lowest BCUT2D eigenvalue weighted by atomic mass is 9.77.